The quantitative estimate of drug-likeness (QED) is 0.641. The molecular weight excluding hydrogens is 214 g/mol. The number of alkyl halides is 1. The standard InChI is InChI=1S/C10H22BrN/c1-5-9(2)7-12(4)8-10(3)6-11/h9-10H,5-8H2,1-4H3. The number of hydrogen-bond donors (Lipinski definition) is 0. The predicted molar refractivity (Wildman–Crippen MR) is 59.9 cm³/mol. The highest BCUT2D eigenvalue weighted by molar-refractivity contribution is 9.09. The van der Waals surface area contributed by atoms with Crippen LogP contribution in [0.4, 0.5) is 0 Å². The zero-order valence-corrected chi connectivity index (χ0v) is 10.4. The number of nitrogens with zero attached hydrogens (tertiary/aromatic N) is 1. The minimum atomic E-state index is 0.763. The van der Waals surface area contributed by atoms with Crippen LogP contribution >= 0.6 is 15.9 Å². The van der Waals surface area contributed by atoms with E-state index in [1.54, 1.807) is 0 Å². The van der Waals surface area contributed by atoms with Crippen molar-refractivity contribution in [3.8, 4) is 0 Å². The first-order valence-electron chi connectivity index (χ1n) is 4.84. The molecule has 2 unspecified atom stereocenters. The van der Waals surface area contributed by atoms with Gasteiger partial charge in [0.05, 0.1) is 0 Å². The molecule has 1 nitrogen and oxygen atoms in total. The van der Waals surface area contributed by atoms with E-state index in [4.69, 9.17) is 0 Å². The highest BCUT2D eigenvalue weighted by Crippen LogP contribution is 2.06. The Hall–Kier alpha value is 0.440. The van der Waals surface area contributed by atoms with E-state index in [-0.39, 0.29) is 0 Å². The third kappa shape index (κ3) is 6.01. The van der Waals surface area contributed by atoms with E-state index in [2.05, 4.69) is 48.6 Å². The number of hydrogen-bond acceptors (Lipinski definition) is 1. The molecule has 0 aliphatic heterocycles. The smallest absolute Gasteiger partial charge is 0.00692 e. The topological polar surface area (TPSA) is 3.24 Å². The van der Waals surface area contributed by atoms with E-state index in [1.165, 1.54) is 19.5 Å². The van der Waals surface area contributed by atoms with Gasteiger partial charge in [0.15, 0.2) is 0 Å². The molecule has 0 N–H and O–H groups in total. The second kappa shape index (κ2) is 6.90. The molecule has 0 aliphatic carbocycles. The second-order valence-electron chi connectivity index (χ2n) is 3.99. The van der Waals surface area contributed by atoms with E-state index in [1.807, 2.05) is 0 Å². The van der Waals surface area contributed by atoms with Crippen LogP contribution in [-0.2, 0) is 0 Å². The van der Waals surface area contributed by atoms with Gasteiger partial charge < -0.3 is 4.90 Å². The molecule has 0 aromatic rings. The summed E-state index contributed by atoms with van der Waals surface area (Å²) in [6, 6.07) is 0. The third-order valence-corrected chi connectivity index (χ3v) is 3.31. The molecule has 0 radical (unpaired) electrons. The van der Waals surface area contributed by atoms with Gasteiger partial charge >= 0.3 is 0 Å². The Kier molecular flexibility index (Phi) is 7.16. The van der Waals surface area contributed by atoms with Gasteiger partial charge in [-0.15, -0.1) is 0 Å². The van der Waals surface area contributed by atoms with E-state index in [9.17, 15) is 0 Å². The molecule has 0 amide bonds. The first-order valence-corrected chi connectivity index (χ1v) is 5.96. The lowest BCUT2D eigenvalue weighted by molar-refractivity contribution is 0.257. The molecule has 0 fully saturated rings. The molecule has 12 heavy (non-hydrogen) atoms. The molecule has 0 aliphatic rings. The van der Waals surface area contributed by atoms with Crippen molar-refractivity contribution in [3.05, 3.63) is 0 Å². The van der Waals surface area contributed by atoms with Gasteiger partial charge in [-0.3, -0.25) is 0 Å². The highest BCUT2D eigenvalue weighted by Gasteiger charge is 2.07. The monoisotopic (exact) mass is 235 g/mol. The lowest BCUT2D eigenvalue weighted by Crippen LogP contribution is -2.29. The third-order valence-electron chi connectivity index (χ3n) is 2.21. The Morgan fingerprint density at radius 2 is 1.67 bits per heavy atom. The Morgan fingerprint density at radius 1 is 1.17 bits per heavy atom. The minimum Gasteiger partial charge on any atom is -0.306 e. The van der Waals surface area contributed by atoms with Gasteiger partial charge in [-0.2, -0.15) is 0 Å². The Morgan fingerprint density at radius 3 is 2.08 bits per heavy atom. The highest BCUT2D eigenvalue weighted by atomic mass is 79.9. The molecule has 2 heteroatoms. The van der Waals surface area contributed by atoms with Crippen molar-refractivity contribution in [1.29, 1.82) is 0 Å². The summed E-state index contributed by atoms with van der Waals surface area (Å²) in [6.07, 6.45) is 1.28. The lowest BCUT2D eigenvalue weighted by Gasteiger charge is -2.22. The number of halogens is 1. The molecule has 0 rings (SSSR count). The summed E-state index contributed by atoms with van der Waals surface area (Å²) in [5.74, 6) is 1.59. The zero-order valence-electron chi connectivity index (χ0n) is 8.81. The van der Waals surface area contributed by atoms with Crippen molar-refractivity contribution in [2.75, 3.05) is 25.5 Å². The summed E-state index contributed by atoms with van der Waals surface area (Å²) in [6.45, 7) is 9.28. The fourth-order valence-electron chi connectivity index (χ4n) is 1.32. The largest absolute Gasteiger partial charge is 0.306 e. The lowest BCUT2D eigenvalue weighted by atomic mass is 10.1. The Labute approximate surface area is 85.7 Å². The van der Waals surface area contributed by atoms with Crippen LogP contribution in [0.5, 0.6) is 0 Å². The normalized spacial score (nSPS) is 16.5. The van der Waals surface area contributed by atoms with Crippen LogP contribution in [0.25, 0.3) is 0 Å². The van der Waals surface area contributed by atoms with Gasteiger partial charge in [-0.1, -0.05) is 43.1 Å². The van der Waals surface area contributed by atoms with Gasteiger partial charge in [-0.05, 0) is 18.9 Å². The van der Waals surface area contributed by atoms with Gasteiger partial charge in [-0.25, -0.2) is 0 Å². The molecule has 0 bridgehead atoms. The van der Waals surface area contributed by atoms with Gasteiger partial charge in [0.1, 0.15) is 0 Å². The summed E-state index contributed by atoms with van der Waals surface area (Å²) >= 11 is 3.50. The van der Waals surface area contributed by atoms with E-state index < -0.39 is 0 Å². The molecule has 0 saturated carbocycles. The molecular formula is C10H22BrN. The first-order chi connectivity index (χ1) is 5.60. The van der Waals surface area contributed by atoms with Crippen LogP contribution in [0.1, 0.15) is 27.2 Å². The van der Waals surface area contributed by atoms with Crippen LogP contribution in [-0.4, -0.2) is 30.4 Å². The maximum Gasteiger partial charge on any atom is 0.00692 e. The zero-order chi connectivity index (χ0) is 9.56. The van der Waals surface area contributed by atoms with Gasteiger partial charge in [0.25, 0.3) is 0 Å². The molecule has 0 spiro atoms. The van der Waals surface area contributed by atoms with Crippen LogP contribution < -0.4 is 0 Å². The van der Waals surface area contributed by atoms with Crippen molar-refractivity contribution < 1.29 is 0 Å². The van der Waals surface area contributed by atoms with Crippen LogP contribution in [0.3, 0.4) is 0 Å². The number of rotatable bonds is 6. The maximum atomic E-state index is 3.50. The van der Waals surface area contributed by atoms with E-state index >= 15 is 0 Å². The van der Waals surface area contributed by atoms with Crippen molar-refractivity contribution >= 4 is 15.9 Å². The van der Waals surface area contributed by atoms with Gasteiger partial charge in [0, 0.05) is 18.4 Å². The summed E-state index contributed by atoms with van der Waals surface area (Å²) in [5.41, 5.74) is 0. The van der Waals surface area contributed by atoms with Gasteiger partial charge in [0.2, 0.25) is 0 Å². The molecule has 0 saturated heterocycles. The summed E-state index contributed by atoms with van der Waals surface area (Å²) in [7, 11) is 2.21. The van der Waals surface area contributed by atoms with Crippen LogP contribution in [0, 0.1) is 11.8 Å². The average molecular weight is 236 g/mol. The Bertz CT molecular complexity index is 94.0. The predicted octanol–water partition coefficient (Wildman–Crippen LogP) is 3.00. The van der Waals surface area contributed by atoms with Crippen LogP contribution in [0.15, 0.2) is 0 Å². The fourth-order valence-corrected chi connectivity index (χ4v) is 1.52. The molecule has 2 atom stereocenters. The maximum absolute atomic E-state index is 3.50. The average Bonchev–Trinajstić information content (AvgIpc) is 2.03. The van der Waals surface area contributed by atoms with E-state index in [0.717, 1.165) is 17.2 Å². The Balaban J connectivity index is 3.51. The second-order valence-corrected chi connectivity index (χ2v) is 4.64. The summed E-state index contributed by atoms with van der Waals surface area (Å²) in [4.78, 5) is 2.43. The van der Waals surface area contributed by atoms with E-state index in [0.29, 0.717) is 0 Å². The molecule has 74 valence electrons. The van der Waals surface area contributed by atoms with Crippen molar-refractivity contribution in [1.82, 2.24) is 4.90 Å². The van der Waals surface area contributed by atoms with Crippen molar-refractivity contribution in [2.45, 2.75) is 27.2 Å². The minimum absolute atomic E-state index is 0.763. The van der Waals surface area contributed by atoms with Crippen molar-refractivity contribution in [2.24, 2.45) is 11.8 Å². The first kappa shape index (κ1) is 12.4. The molecule has 0 heterocycles. The SMILES string of the molecule is CCC(C)CN(C)CC(C)CBr. The summed E-state index contributed by atoms with van der Waals surface area (Å²) in [5, 5.41) is 1.11. The molecule has 0 aromatic heterocycles. The van der Waals surface area contributed by atoms with Crippen molar-refractivity contribution in [3.63, 3.8) is 0 Å². The molecule has 0 aromatic carbocycles. The van der Waals surface area contributed by atoms with Crippen LogP contribution in [0.2, 0.25) is 0 Å². The summed E-state index contributed by atoms with van der Waals surface area (Å²) < 4.78 is 0. The fraction of sp³-hybridized carbons (Fsp3) is 1.00.